The fraction of sp³-hybridized carbons (Fsp3) is 0.0909. The Bertz CT molecular complexity index is 549. The van der Waals surface area contributed by atoms with Crippen LogP contribution in [0, 0.1) is 11.6 Å². The van der Waals surface area contributed by atoms with Crippen LogP contribution in [-0.2, 0) is 7.05 Å². The summed E-state index contributed by atoms with van der Waals surface area (Å²) in [6, 6.07) is 3.41. The number of benzene rings is 1. The third kappa shape index (κ3) is 1.60. The van der Waals surface area contributed by atoms with Crippen LogP contribution in [0.15, 0.2) is 24.5 Å². The number of nitrogens with zero attached hydrogens (tertiary/aromatic N) is 2. The molecule has 3 nitrogen and oxygen atoms in total. The van der Waals surface area contributed by atoms with E-state index in [0.29, 0.717) is 23.2 Å². The first kappa shape index (κ1) is 10.5. The van der Waals surface area contributed by atoms with E-state index in [1.807, 2.05) is 0 Å². The summed E-state index contributed by atoms with van der Waals surface area (Å²) >= 11 is 0. The summed E-state index contributed by atoms with van der Waals surface area (Å²) in [6.45, 7) is 0. The number of carbonyl (C=O) groups excluding carboxylic acids is 1. The molecule has 0 saturated carbocycles. The molecule has 1 heterocycles. The number of aromatic nitrogens is 2. The van der Waals surface area contributed by atoms with Crippen LogP contribution >= 0.6 is 0 Å². The van der Waals surface area contributed by atoms with Crippen LogP contribution in [0.25, 0.3) is 11.3 Å². The molecule has 2 rings (SSSR count). The lowest BCUT2D eigenvalue weighted by molar-refractivity contribution is 0.111. The van der Waals surface area contributed by atoms with E-state index in [-0.39, 0.29) is 0 Å². The topological polar surface area (TPSA) is 34.9 Å². The van der Waals surface area contributed by atoms with Crippen LogP contribution in [-0.4, -0.2) is 15.8 Å². The van der Waals surface area contributed by atoms with Crippen molar-refractivity contribution in [2.45, 2.75) is 0 Å². The highest BCUT2D eigenvalue weighted by atomic mass is 19.2. The van der Waals surface area contributed by atoms with Gasteiger partial charge in [-0.3, -0.25) is 4.79 Å². The normalized spacial score (nSPS) is 10.4. The molecule has 16 heavy (non-hydrogen) atoms. The molecular formula is C11H8F2N2O. The predicted molar refractivity (Wildman–Crippen MR) is 53.9 cm³/mol. The second-order valence-electron chi connectivity index (χ2n) is 3.34. The molecule has 0 N–H and O–H groups in total. The average molecular weight is 222 g/mol. The molecule has 0 aliphatic heterocycles. The predicted octanol–water partition coefficient (Wildman–Crippen LogP) is 2.18. The summed E-state index contributed by atoms with van der Waals surface area (Å²) in [5, 5.41) is 0. The van der Waals surface area contributed by atoms with Crippen LogP contribution < -0.4 is 0 Å². The fourth-order valence-electron chi connectivity index (χ4n) is 1.44. The second-order valence-corrected chi connectivity index (χ2v) is 3.34. The third-order valence-corrected chi connectivity index (χ3v) is 2.29. The maximum atomic E-state index is 13.0. The van der Waals surface area contributed by atoms with Gasteiger partial charge in [0.05, 0.1) is 12.0 Å². The third-order valence-electron chi connectivity index (χ3n) is 2.29. The van der Waals surface area contributed by atoms with Gasteiger partial charge < -0.3 is 4.57 Å². The highest BCUT2D eigenvalue weighted by Gasteiger charge is 2.12. The molecule has 1 aromatic heterocycles. The van der Waals surface area contributed by atoms with Crippen LogP contribution in [0.5, 0.6) is 0 Å². The molecule has 0 atom stereocenters. The van der Waals surface area contributed by atoms with Gasteiger partial charge in [0.1, 0.15) is 5.69 Å². The molecule has 0 fully saturated rings. The summed E-state index contributed by atoms with van der Waals surface area (Å²) in [5.74, 6) is -1.88. The Morgan fingerprint density at radius 2 is 2.06 bits per heavy atom. The van der Waals surface area contributed by atoms with Crippen molar-refractivity contribution in [1.82, 2.24) is 9.55 Å². The Kier molecular flexibility index (Phi) is 2.52. The molecule has 5 heteroatoms. The maximum absolute atomic E-state index is 13.0. The average Bonchev–Trinajstić information content (AvgIpc) is 2.63. The molecular weight excluding hydrogens is 214 g/mol. The number of aldehydes is 1. The number of hydrogen-bond acceptors (Lipinski definition) is 2. The molecule has 0 aliphatic rings. The minimum absolute atomic E-state index is 0.325. The first-order valence-corrected chi connectivity index (χ1v) is 4.55. The minimum Gasteiger partial charge on any atom is -0.331 e. The van der Waals surface area contributed by atoms with E-state index in [0.717, 1.165) is 12.1 Å². The van der Waals surface area contributed by atoms with Gasteiger partial charge >= 0.3 is 0 Å². The summed E-state index contributed by atoms with van der Waals surface area (Å²) in [6.07, 6.45) is 2.07. The largest absolute Gasteiger partial charge is 0.331 e. The summed E-state index contributed by atoms with van der Waals surface area (Å²) in [4.78, 5) is 14.8. The molecule has 2 aromatic rings. The van der Waals surface area contributed by atoms with Gasteiger partial charge in [-0.25, -0.2) is 13.8 Å². The first-order valence-electron chi connectivity index (χ1n) is 4.55. The van der Waals surface area contributed by atoms with E-state index in [1.54, 1.807) is 7.05 Å². The van der Waals surface area contributed by atoms with Gasteiger partial charge in [0.25, 0.3) is 0 Å². The number of hydrogen-bond donors (Lipinski definition) is 0. The van der Waals surface area contributed by atoms with Crippen LogP contribution in [0.1, 0.15) is 10.5 Å². The van der Waals surface area contributed by atoms with Crippen molar-refractivity contribution in [3.63, 3.8) is 0 Å². The molecule has 0 unspecified atom stereocenters. The quantitative estimate of drug-likeness (QED) is 0.730. The zero-order valence-corrected chi connectivity index (χ0v) is 8.45. The first-order chi connectivity index (χ1) is 7.63. The van der Waals surface area contributed by atoms with Crippen LogP contribution in [0.4, 0.5) is 8.78 Å². The zero-order chi connectivity index (χ0) is 11.7. The standard InChI is InChI=1S/C11H8F2N2O/c1-15-6-14-11(10(15)5-16)7-2-3-8(12)9(13)4-7/h2-6H,1H3. The van der Waals surface area contributed by atoms with Crippen molar-refractivity contribution in [1.29, 1.82) is 0 Å². The SMILES string of the molecule is Cn1cnc(-c2ccc(F)c(F)c2)c1C=O. The van der Waals surface area contributed by atoms with Gasteiger partial charge in [0.15, 0.2) is 17.9 Å². The molecule has 0 amide bonds. The van der Waals surface area contributed by atoms with Gasteiger partial charge in [0, 0.05) is 12.6 Å². The van der Waals surface area contributed by atoms with Crippen molar-refractivity contribution in [2.75, 3.05) is 0 Å². The van der Waals surface area contributed by atoms with Crippen molar-refractivity contribution in [3.05, 3.63) is 41.9 Å². The molecule has 1 aromatic carbocycles. The van der Waals surface area contributed by atoms with Crippen molar-refractivity contribution >= 4 is 6.29 Å². The summed E-state index contributed by atoms with van der Waals surface area (Å²) < 4.78 is 27.3. The van der Waals surface area contributed by atoms with Gasteiger partial charge in [-0.05, 0) is 18.2 Å². The Morgan fingerprint density at radius 3 is 2.69 bits per heavy atom. The van der Waals surface area contributed by atoms with Gasteiger partial charge in [-0.1, -0.05) is 0 Å². The van der Waals surface area contributed by atoms with Gasteiger partial charge in [-0.2, -0.15) is 0 Å². The van der Waals surface area contributed by atoms with E-state index in [4.69, 9.17) is 0 Å². The summed E-state index contributed by atoms with van der Waals surface area (Å²) in [5.41, 5.74) is 1.05. The smallest absolute Gasteiger partial charge is 0.168 e. The van der Waals surface area contributed by atoms with E-state index < -0.39 is 11.6 Å². The molecule has 0 spiro atoms. The zero-order valence-electron chi connectivity index (χ0n) is 8.45. The molecule has 82 valence electrons. The minimum atomic E-state index is -0.958. The highest BCUT2D eigenvalue weighted by Crippen LogP contribution is 2.22. The maximum Gasteiger partial charge on any atom is 0.168 e. The fourth-order valence-corrected chi connectivity index (χ4v) is 1.44. The van der Waals surface area contributed by atoms with E-state index in [1.165, 1.54) is 17.0 Å². The van der Waals surface area contributed by atoms with Gasteiger partial charge in [0.2, 0.25) is 0 Å². The van der Waals surface area contributed by atoms with Crippen LogP contribution in [0.3, 0.4) is 0 Å². The Morgan fingerprint density at radius 1 is 1.31 bits per heavy atom. The number of carbonyl (C=O) groups is 1. The Hall–Kier alpha value is -2.04. The van der Waals surface area contributed by atoms with E-state index in [2.05, 4.69) is 4.98 Å². The molecule has 0 saturated heterocycles. The lowest BCUT2D eigenvalue weighted by atomic mass is 10.1. The summed E-state index contributed by atoms with van der Waals surface area (Å²) in [7, 11) is 1.65. The lowest BCUT2D eigenvalue weighted by Crippen LogP contribution is -1.95. The Balaban J connectivity index is 2.58. The number of halogens is 2. The van der Waals surface area contributed by atoms with Crippen molar-refractivity contribution in [2.24, 2.45) is 7.05 Å². The van der Waals surface area contributed by atoms with Crippen molar-refractivity contribution in [3.8, 4) is 11.3 Å². The van der Waals surface area contributed by atoms with Crippen LogP contribution in [0.2, 0.25) is 0 Å². The van der Waals surface area contributed by atoms with Gasteiger partial charge in [-0.15, -0.1) is 0 Å². The lowest BCUT2D eigenvalue weighted by Gasteiger charge is -2.00. The van der Waals surface area contributed by atoms with E-state index >= 15 is 0 Å². The monoisotopic (exact) mass is 222 g/mol. The Labute approximate surface area is 90.3 Å². The number of imidazole rings is 1. The number of rotatable bonds is 2. The van der Waals surface area contributed by atoms with E-state index in [9.17, 15) is 13.6 Å². The highest BCUT2D eigenvalue weighted by molar-refractivity contribution is 5.83. The second kappa shape index (κ2) is 3.84. The molecule has 0 radical (unpaired) electrons. The number of aryl methyl sites for hydroxylation is 1. The molecule has 0 aliphatic carbocycles. The molecule has 0 bridgehead atoms. The van der Waals surface area contributed by atoms with Crippen molar-refractivity contribution < 1.29 is 13.6 Å².